The minimum atomic E-state index is -0.602. The number of halogens is 1. The molecule has 1 aliphatic heterocycles. The normalized spacial score (nSPS) is 19.4. The van der Waals surface area contributed by atoms with Crippen molar-refractivity contribution in [2.75, 3.05) is 49.8 Å². The molecular formula is C30H37FN6O6. The fraction of sp³-hybridized carbons (Fsp3) is 0.400. The van der Waals surface area contributed by atoms with Crippen molar-refractivity contribution in [3.05, 3.63) is 65.3 Å². The van der Waals surface area contributed by atoms with E-state index < -0.39 is 17.9 Å². The van der Waals surface area contributed by atoms with Crippen LogP contribution in [0.4, 0.5) is 31.0 Å². The molecule has 0 saturated heterocycles. The molecule has 0 aliphatic carbocycles. The van der Waals surface area contributed by atoms with Crippen molar-refractivity contribution >= 4 is 35.0 Å². The third-order valence-electron chi connectivity index (χ3n) is 7.31. The summed E-state index contributed by atoms with van der Waals surface area (Å²) < 4.78 is 30.6. The van der Waals surface area contributed by atoms with Crippen molar-refractivity contribution < 1.29 is 32.8 Å². The topological polar surface area (TPSA) is 138 Å². The Bertz CT molecular complexity index is 1460. The lowest BCUT2D eigenvalue weighted by Gasteiger charge is -2.36. The van der Waals surface area contributed by atoms with Gasteiger partial charge in [0.2, 0.25) is 0 Å². The third-order valence-corrected chi connectivity index (χ3v) is 7.31. The Hall–Kier alpha value is -4.65. The second kappa shape index (κ2) is 13.6. The van der Waals surface area contributed by atoms with Crippen LogP contribution in [0, 0.1) is 25.6 Å². The summed E-state index contributed by atoms with van der Waals surface area (Å²) >= 11 is 0. The minimum absolute atomic E-state index is 0.0440. The van der Waals surface area contributed by atoms with Crippen LogP contribution < -0.4 is 20.7 Å². The molecule has 0 unspecified atom stereocenters. The molecule has 0 fully saturated rings. The summed E-state index contributed by atoms with van der Waals surface area (Å²) in [5.41, 5.74) is 1.97. The number of amides is 5. The van der Waals surface area contributed by atoms with Crippen LogP contribution in [0.3, 0.4) is 0 Å². The van der Waals surface area contributed by atoms with Gasteiger partial charge in [-0.15, -0.1) is 0 Å². The van der Waals surface area contributed by atoms with Gasteiger partial charge in [0.05, 0.1) is 17.7 Å². The number of nitrogens with one attached hydrogen (secondary N) is 3. The maximum Gasteiger partial charge on any atom is 0.323 e. The summed E-state index contributed by atoms with van der Waals surface area (Å²) in [7, 11) is 3.24. The maximum absolute atomic E-state index is 13.6. The Balaban J connectivity index is 1.60. The Kier molecular flexibility index (Phi) is 9.86. The molecule has 0 radical (unpaired) electrons. The predicted octanol–water partition coefficient (Wildman–Crippen LogP) is 5.11. The van der Waals surface area contributed by atoms with Crippen LogP contribution in [0.1, 0.15) is 35.7 Å². The largest absolute Gasteiger partial charge is 0.491 e. The van der Waals surface area contributed by atoms with Gasteiger partial charge in [-0.25, -0.2) is 14.0 Å². The van der Waals surface area contributed by atoms with Gasteiger partial charge in [0.1, 0.15) is 29.6 Å². The van der Waals surface area contributed by atoms with Crippen LogP contribution in [0.5, 0.6) is 5.75 Å². The monoisotopic (exact) mass is 596 g/mol. The molecule has 3 N–H and O–H groups in total. The van der Waals surface area contributed by atoms with Crippen molar-refractivity contribution in [2.45, 2.75) is 39.8 Å². The summed E-state index contributed by atoms with van der Waals surface area (Å²) in [6, 6.07) is 8.79. The van der Waals surface area contributed by atoms with Crippen molar-refractivity contribution in [3.8, 4) is 5.75 Å². The number of hydrogen-bond donors (Lipinski definition) is 3. The van der Waals surface area contributed by atoms with Crippen molar-refractivity contribution in [1.29, 1.82) is 0 Å². The lowest BCUT2D eigenvalue weighted by Crippen LogP contribution is -2.50. The quantitative estimate of drug-likeness (QED) is 0.380. The van der Waals surface area contributed by atoms with Gasteiger partial charge in [-0.1, -0.05) is 18.1 Å². The number of carbonyl (C=O) groups is 3. The fourth-order valence-corrected chi connectivity index (χ4v) is 4.83. The van der Waals surface area contributed by atoms with E-state index in [1.54, 1.807) is 51.1 Å². The van der Waals surface area contributed by atoms with Crippen LogP contribution in [-0.2, 0) is 4.74 Å². The van der Waals surface area contributed by atoms with Gasteiger partial charge in [-0.05, 0) is 51.1 Å². The SMILES string of the molecule is CO[C@@H]1CN(C)C(=O)c2ccc(NC(=O)Nc3cccc(F)c3)cc2OC[C@@H](C)N(C(=O)Nc2c(C)noc2C)C[C@@H]1C. The summed E-state index contributed by atoms with van der Waals surface area (Å²) in [6.07, 6.45) is -0.369. The molecule has 230 valence electrons. The van der Waals surface area contributed by atoms with Crippen LogP contribution >= 0.6 is 0 Å². The van der Waals surface area contributed by atoms with E-state index in [0.29, 0.717) is 29.4 Å². The zero-order valence-electron chi connectivity index (χ0n) is 25.1. The number of rotatable bonds is 4. The summed E-state index contributed by atoms with van der Waals surface area (Å²) in [5.74, 6) is -0.202. The highest BCUT2D eigenvalue weighted by Gasteiger charge is 2.31. The lowest BCUT2D eigenvalue weighted by molar-refractivity contribution is 0.0174. The van der Waals surface area contributed by atoms with E-state index in [1.165, 1.54) is 29.2 Å². The standard InChI is InChI=1S/C30H37FN6O6/c1-17-14-37(30(40)34-27-19(3)35-43-20(27)4)18(2)16-42-25-13-23(33-29(39)32-22-9-7-8-21(31)12-22)10-11-24(25)28(38)36(5)15-26(17)41-6/h7-13,17-18,26H,14-16H2,1-6H3,(H,34,40)(H2,32,33,39)/t17-,18+,26+/m0/s1. The number of aromatic nitrogens is 1. The molecule has 0 spiro atoms. The molecule has 1 aromatic heterocycles. The third kappa shape index (κ3) is 7.60. The van der Waals surface area contributed by atoms with Crippen molar-refractivity contribution in [1.82, 2.24) is 15.0 Å². The number of aryl methyl sites for hydroxylation is 2. The lowest BCUT2D eigenvalue weighted by atomic mass is 10.0. The molecule has 13 heteroatoms. The summed E-state index contributed by atoms with van der Waals surface area (Å²) in [5, 5.41) is 12.1. The Labute approximate surface area is 249 Å². The number of hydrogen-bond acceptors (Lipinski definition) is 7. The number of anilines is 3. The van der Waals surface area contributed by atoms with E-state index in [-0.39, 0.29) is 54.1 Å². The van der Waals surface area contributed by atoms with Gasteiger partial charge in [-0.3, -0.25) is 4.79 Å². The first kappa shape index (κ1) is 31.3. The first-order valence-corrected chi connectivity index (χ1v) is 13.9. The Morgan fingerprint density at radius 1 is 1.05 bits per heavy atom. The highest BCUT2D eigenvalue weighted by molar-refractivity contribution is 6.01. The minimum Gasteiger partial charge on any atom is -0.491 e. The van der Waals surface area contributed by atoms with Gasteiger partial charge in [0.15, 0.2) is 5.76 Å². The predicted molar refractivity (Wildman–Crippen MR) is 159 cm³/mol. The number of methoxy groups -OCH3 is 1. The van der Waals surface area contributed by atoms with Gasteiger partial charge < -0.3 is 39.7 Å². The maximum atomic E-state index is 13.6. The van der Waals surface area contributed by atoms with Crippen LogP contribution in [0.2, 0.25) is 0 Å². The molecule has 0 bridgehead atoms. The number of urea groups is 2. The molecule has 2 aromatic carbocycles. The first-order valence-electron chi connectivity index (χ1n) is 13.9. The Morgan fingerprint density at radius 2 is 1.77 bits per heavy atom. The molecule has 3 atom stereocenters. The second-order valence-corrected chi connectivity index (χ2v) is 10.7. The van der Waals surface area contributed by atoms with Gasteiger partial charge >= 0.3 is 12.1 Å². The van der Waals surface area contributed by atoms with Gasteiger partial charge in [0.25, 0.3) is 5.91 Å². The van der Waals surface area contributed by atoms with E-state index in [1.807, 2.05) is 13.8 Å². The molecule has 0 saturated carbocycles. The highest BCUT2D eigenvalue weighted by Crippen LogP contribution is 2.28. The molecule has 43 heavy (non-hydrogen) atoms. The molecule has 1 aliphatic rings. The Morgan fingerprint density at radius 3 is 2.42 bits per heavy atom. The van der Waals surface area contributed by atoms with Gasteiger partial charge in [0, 0.05) is 50.6 Å². The second-order valence-electron chi connectivity index (χ2n) is 10.7. The van der Waals surface area contributed by atoms with Crippen LogP contribution in [0.15, 0.2) is 47.0 Å². The average molecular weight is 597 g/mol. The number of ether oxygens (including phenoxy) is 2. The van der Waals surface area contributed by atoms with Crippen LogP contribution in [0.25, 0.3) is 0 Å². The number of likely N-dealkylation sites (N-methyl/N-ethyl adjacent to an activating group) is 1. The molecule has 3 aromatic rings. The average Bonchev–Trinajstić information content (AvgIpc) is 3.28. The molecule has 5 amide bonds. The molecule has 2 heterocycles. The highest BCUT2D eigenvalue weighted by atomic mass is 19.1. The van der Waals surface area contributed by atoms with E-state index in [4.69, 9.17) is 14.0 Å². The zero-order valence-corrected chi connectivity index (χ0v) is 25.1. The van der Waals surface area contributed by atoms with Crippen molar-refractivity contribution in [3.63, 3.8) is 0 Å². The van der Waals surface area contributed by atoms with Crippen LogP contribution in [-0.4, -0.2) is 78.9 Å². The smallest absolute Gasteiger partial charge is 0.323 e. The first-order chi connectivity index (χ1) is 20.5. The molecule has 12 nitrogen and oxygen atoms in total. The van der Waals surface area contributed by atoms with E-state index in [2.05, 4.69) is 21.1 Å². The summed E-state index contributed by atoms with van der Waals surface area (Å²) in [6.45, 7) is 7.89. The van der Waals surface area contributed by atoms with E-state index >= 15 is 0 Å². The zero-order chi connectivity index (χ0) is 31.3. The molecular weight excluding hydrogens is 559 g/mol. The number of nitrogens with zero attached hydrogens (tertiary/aromatic N) is 3. The number of carbonyl (C=O) groups excluding carboxylic acids is 3. The van der Waals surface area contributed by atoms with E-state index in [0.717, 1.165) is 0 Å². The fourth-order valence-electron chi connectivity index (χ4n) is 4.83. The number of benzene rings is 2. The van der Waals surface area contributed by atoms with Crippen molar-refractivity contribution in [2.24, 2.45) is 5.92 Å². The summed E-state index contributed by atoms with van der Waals surface area (Å²) in [4.78, 5) is 42.8. The number of fused-ring (bicyclic) bond motifs is 1. The van der Waals surface area contributed by atoms with E-state index in [9.17, 15) is 18.8 Å². The molecule has 4 rings (SSSR count). The van der Waals surface area contributed by atoms with Gasteiger partial charge in [-0.2, -0.15) is 0 Å².